The lowest BCUT2D eigenvalue weighted by molar-refractivity contribution is -0.393. The van der Waals surface area contributed by atoms with Gasteiger partial charge in [-0.05, 0) is 17.7 Å². The number of carbonyl (C=O) groups is 1. The number of amides is 1. The number of non-ortho nitro benzene ring substituents is 1. The summed E-state index contributed by atoms with van der Waals surface area (Å²) in [6, 6.07) is 12.1. The average Bonchev–Trinajstić information content (AvgIpc) is 2.58. The van der Waals surface area contributed by atoms with E-state index in [-0.39, 0.29) is 5.69 Å². The van der Waals surface area contributed by atoms with Crippen molar-refractivity contribution in [3.8, 4) is 0 Å². The molecular formula is C15H12N4O5. The number of benzene rings is 2. The van der Waals surface area contributed by atoms with Crippen LogP contribution >= 0.6 is 0 Å². The molecule has 0 radical (unpaired) electrons. The van der Waals surface area contributed by atoms with E-state index in [2.05, 4.69) is 10.9 Å². The van der Waals surface area contributed by atoms with Crippen LogP contribution in [0.5, 0.6) is 0 Å². The van der Waals surface area contributed by atoms with Crippen LogP contribution in [0, 0.1) is 20.2 Å². The Kier molecular flexibility index (Phi) is 5.19. The highest BCUT2D eigenvalue weighted by atomic mass is 16.6. The number of nitrogens with zero attached hydrogens (tertiary/aromatic N) is 2. The first-order valence-corrected chi connectivity index (χ1v) is 6.69. The van der Waals surface area contributed by atoms with Crippen LogP contribution in [0.4, 0.5) is 17.1 Å². The molecule has 0 unspecified atom stereocenters. The number of anilines is 1. The van der Waals surface area contributed by atoms with E-state index in [0.717, 1.165) is 23.8 Å². The molecule has 24 heavy (non-hydrogen) atoms. The third-order valence-corrected chi connectivity index (χ3v) is 2.94. The summed E-state index contributed by atoms with van der Waals surface area (Å²) in [5.74, 6) is -0.536. The molecule has 2 aromatic carbocycles. The molecule has 2 rings (SSSR count). The zero-order valence-corrected chi connectivity index (χ0v) is 12.2. The Hall–Kier alpha value is -3.75. The number of hydrazine groups is 1. The van der Waals surface area contributed by atoms with Gasteiger partial charge in [-0.25, -0.2) is 0 Å². The van der Waals surface area contributed by atoms with Crippen molar-refractivity contribution in [2.45, 2.75) is 0 Å². The van der Waals surface area contributed by atoms with Gasteiger partial charge < -0.3 is 0 Å². The van der Waals surface area contributed by atoms with Crippen molar-refractivity contribution >= 4 is 29.0 Å². The molecule has 0 aliphatic heterocycles. The highest BCUT2D eigenvalue weighted by Gasteiger charge is 2.19. The highest BCUT2D eigenvalue weighted by Crippen LogP contribution is 2.28. The van der Waals surface area contributed by atoms with Gasteiger partial charge in [-0.15, -0.1) is 0 Å². The molecule has 0 saturated carbocycles. The molecule has 0 bridgehead atoms. The van der Waals surface area contributed by atoms with Gasteiger partial charge in [-0.2, -0.15) is 0 Å². The minimum absolute atomic E-state index is 0.0629. The van der Waals surface area contributed by atoms with Crippen LogP contribution < -0.4 is 10.9 Å². The predicted molar refractivity (Wildman–Crippen MR) is 87.0 cm³/mol. The molecule has 0 spiro atoms. The zero-order valence-electron chi connectivity index (χ0n) is 12.2. The summed E-state index contributed by atoms with van der Waals surface area (Å²) >= 11 is 0. The second-order valence-corrected chi connectivity index (χ2v) is 4.57. The minimum Gasteiger partial charge on any atom is -0.292 e. The van der Waals surface area contributed by atoms with Gasteiger partial charge >= 0.3 is 5.69 Å². The summed E-state index contributed by atoms with van der Waals surface area (Å²) in [4.78, 5) is 31.8. The van der Waals surface area contributed by atoms with E-state index >= 15 is 0 Å². The minimum atomic E-state index is -0.776. The maximum Gasteiger partial charge on any atom is 0.300 e. The molecule has 0 aromatic heterocycles. The molecule has 1 amide bonds. The maximum absolute atomic E-state index is 11.7. The number of carbonyl (C=O) groups excluding carboxylic acids is 1. The van der Waals surface area contributed by atoms with Crippen molar-refractivity contribution < 1.29 is 14.6 Å². The van der Waals surface area contributed by atoms with E-state index in [9.17, 15) is 25.0 Å². The van der Waals surface area contributed by atoms with Gasteiger partial charge in [0.2, 0.25) is 0 Å². The maximum atomic E-state index is 11.7. The molecule has 0 aliphatic rings. The fraction of sp³-hybridized carbons (Fsp3) is 0. The van der Waals surface area contributed by atoms with Crippen LogP contribution in [0.15, 0.2) is 54.6 Å². The summed E-state index contributed by atoms with van der Waals surface area (Å²) in [6.07, 6.45) is 2.82. The lowest BCUT2D eigenvalue weighted by Crippen LogP contribution is -2.27. The van der Waals surface area contributed by atoms with E-state index in [0.29, 0.717) is 0 Å². The summed E-state index contributed by atoms with van der Waals surface area (Å²) in [5.41, 5.74) is 4.46. The molecule has 0 heterocycles. The highest BCUT2D eigenvalue weighted by molar-refractivity contribution is 5.92. The number of hydrogen-bond donors (Lipinski definition) is 2. The molecule has 2 N–H and O–H groups in total. The van der Waals surface area contributed by atoms with Gasteiger partial charge in [0, 0.05) is 12.1 Å². The van der Waals surface area contributed by atoms with Crippen LogP contribution in [0.25, 0.3) is 6.08 Å². The SMILES string of the molecule is O=C(/C=C\c1ccccc1)NNc1ccc([N+](=O)[O-])cc1[N+](=O)[O-]. The van der Waals surface area contributed by atoms with Crippen molar-refractivity contribution in [2.24, 2.45) is 0 Å². The normalized spacial score (nSPS) is 10.3. The predicted octanol–water partition coefficient (Wildman–Crippen LogP) is 2.66. The van der Waals surface area contributed by atoms with Crippen LogP contribution in [-0.2, 0) is 4.79 Å². The summed E-state index contributed by atoms with van der Waals surface area (Å²) in [5, 5.41) is 21.6. The number of nitro benzene ring substituents is 2. The van der Waals surface area contributed by atoms with Crippen LogP contribution in [-0.4, -0.2) is 15.8 Å². The first-order chi connectivity index (χ1) is 11.5. The Bertz CT molecular complexity index is 805. The van der Waals surface area contributed by atoms with Crippen LogP contribution in [0.3, 0.4) is 0 Å². The van der Waals surface area contributed by atoms with Gasteiger partial charge in [0.05, 0.1) is 15.9 Å². The first kappa shape index (κ1) is 16.6. The Balaban J connectivity index is 2.06. The van der Waals surface area contributed by atoms with Crippen molar-refractivity contribution in [3.63, 3.8) is 0 Å². The van der Waals surface area contributed by atoms with E-state index < -0.39 is 27.1 Å². The van der Waals surface area contributed by atoms with Crippen molar-refractivity contribution in [3.05, 3.63) is 80.4 Å². The smallest absolute Gasteiger partial charge is 0.292 e. The molecule has 0 saturated heterocycles. The largest absolute Gasteiger partial charge is 0.300 e. The van der Waals surface area contributed by atoms with Crippen LogP contribution in [0.1, 0.15) is 5.56 Å². The average molecular weight is 328 g/mol. The summed E-state index contributed by atoms with van der Waals surface area (Å²) in [7, 11) is 0. The number of hydrogen-bond acceptors (Lipinski definition) is 6. The number of rotatable bonds is 6. The number of nitro groups is 2. The van der Waals surface area contributed by atoms with Crippen molar-refractivity contribution in [1.29, 1.82) is 0 Å². The molecular weight excluding hydrogens is 316 g/mol. The fourth-order valence-electron chi connectivity index (χ4n) is 1.80. The lowest BCUT2D eigenvalue weighted by Gasteiger charge is -2.07. The van der Waals surface area contributed by atoms with E-state index in [1.807, 2.05) is 18.2 Å². The lowest BCUT2D eigenvalue weighted by atomic mass is 10.2. The molecule has 9 nitrogen and oxygen atoms in total. The Morgan fingerprint density at radius 2 is 1.71 bits per heavy atom. The fourth-order valence-corrected chi connectivity index (χ4v) is 1.80. The number of nitrogens with one attached hydrogen (secondary N) is 2. The van der Waals surface area contributed by atoms with Gasteiger partial charge in [0.15, 0.2) is 0 Å². The van der Waals surface area contributed by atoms with Crippen molar-refractivity contribution in [1.82, 2.24) is 5.43 Å². The second-order valence-electron chi connectivity index (χ2n) is 4.57. The quantitative estimate of drug-likeness (QED) is 0.476. The Morgan fingerprint density at radius 3 is 2.33 bits per heavy atom. The summed E-state index contributed by atoms with van der Waals surface area (Å²) in [6.45, 7) is 0. The van der Waals surface area contributed by atoms with Gasteiger partial charge in [-0.1, -0.05) is 30.3 Å². The topological polar surface area (TPSA) is 127 Å². The molecule has 0 atom stereocenters. The van der Waals surface area contributed by atoms with E-state index in [4.69, 9.17) is 0 Å². The standard InChI is InChI=1S/C15H12N4O5/c20-15(9-6-11-4-2-1-3-5-11)17-16-13-8-7-12(18(21)22)10-14(13)19(23)24/h1-10,16H,(H,17,20)/b9-6-. The second kappa shape index (κ2) is 7.49. The van der Waals surface area contributed by atoms with Crippen molar-refractivity contribution in [2.75, 3.05) is 5.43 Å². The van der Waals surface area contributed by atoms with Crippen LogP contribution in [0.2, 0.25) is 0 Å². The zero-order chi connectivity index (χ0) is 17.5. The van der Waals surface area contributed by atoms with E-state index in [1.54, 1.807) is 18.2 Å². The molecule has 0 fully saturated rings. The van der Waals surface area contributed by atoms with Gasteiger partial charge in [0.25, 0.3) is 11.6 Å². The third kappa shape index (κ3) is 4.37. The molecule has 9 heteroatoms. The Morgan fingerprint density at radius 1 is 1.00 bits per heavy atom. The third-order valence-electron chi connectivity index (χ3n) is 2.94. The first-order valence-electron chi connectivity index (χ1n) is 6.69. The molecule has 0 aliphatic carbocycles. The van der Waals surface area contributed by atoms with Gasteiger partial charge in [-0.3, -0.25) is 35.9 Å². The molecule has 2 aromatic rings. The summed E-state index contributed by atoms with van der Waals surface area (Å²) < 4.78 is 0. The van der Waals surface area contributed by atoms with Gasteiger partial charge in [0.1, 0.15) is 5.69 Å². The monoisotopic (exact) mass is 328 g/mol. The van der Waals surface area contributed by atoms with E-state index in [1.165, 1.54) is 6.08 Å². The Labute approximate surface area is 135 Å². The molecule has 122 valence electrons.